The minimum absolute atomic E-state index is 0.114. The van der Waals surface area contributed by atoms with E-state index in [1.54, 1.807) is 0 Å². The Balaban J connectivity index is 1.63. The zero-order chi connectivity index (χ0) is 29.0. The van der Waals surface area contributed by atoms with Gasteiger partial charge in [0.05, 0.1) is 24.3 Å². The maximum absolute atomic E-state index is 13.9. The van der Waals surface area contributed by atoms with Gasteiger partial charge in [0.1, 0.15) is 11.4 Å². The third kappa shape index (κ3) is 7.59. The van der Waals surface area contributed by atoms with Crippen LogP contribution in [0.3, 0.4) is 0 Å². The van der Waals surface area contributed by atoms with Gasteiger partial charge in [-0.1, -0.05) is 44.2 Å². The predicted octanol–water partition coefficient (Wildman–Crippen LogP) is 7.23. The van der Waals surface area contributed by atoms with E-state index in [9.17, 15) is 9.18 Å². The number of rotatable bonds is 9. The molecule has 1 aliphatic heterocycles. The van der Waals surface area contributed by atoms with Crippen molar-refractivity contribution in [3.63, 3.8) is 0 Å². The van der Waals surface area contributed by atoms with E-state index in [-0.39, 0.29) is 36.3 Å². The van der Waals surface area contributed by atoms with Crippen molar-refractivity contribution in [1.82, 2.24) is 9.47 Å². The standard InChI is InChI=1S/C33H43FN2O4/c1-22(2)29-21-28(23-11-9-8-10-12-23)31(24-13-15-25(34)16-14-24)36(29)18-17-26-19-27(39-32(38-26)35(6)7)20-30(37)40-33(3,4)5/h8-16,21-22,26-27,32H,17-20H2,1-7H3/t26-,27-,32?/m1/s1. The van der Waals surface area contributed by atoms with Gasteiger partial charge in [-0.15, -0.1) is 0 Å². The van der Waals surface area contributed by atoms with Crippen molar-refractivity contribution < 1.29 is 23.4 Å². The summed E-state index contributed by atoms with van der Waals surface area (Å²) in [5, 5.41) is 0. The van der Waals surface area contributed by atoms with Crippen molar-refractivity contribution in [3.05, 3.63) is 72.2 Å². The zero-order valence-corrected chi connectivity index (χ0v) is 24.8. The lowest BCUT2D eigenvalue weighted by Crippen LogP contribution is -2.46. The molecule has 1 saturated heterocycles. The summed E-state index contributed by atoms with van der Waals surface area (Å²) in [5.74, 6) is -0.246. The molecule has 3 aromatic rings. The summed E-state index contributed by atoms with van der Waals surface area (Å²) in [6.07, 6.45) is 0.552. The Bertz CT molecular complexity index is 1260. The molecule has 2 heterocycles. The number of halogens is 1. The molecule has 0 aliphatic carbocycles. The Morgan fingerprint density at radius 3 is 2.27 bits per heavy atom. The van der Waals surface area contributed by atoms with Crippen LogP contribution < -0.4 is 0 Å². The van der Waals surface area contributed by atoms with E-state index in [1.807, 2.05) is 70.1 Å². The Morgan fingerprint density at radius 2 is 1.68 bits per heavy atom. The molecule has 216 valence electrons. The maximum Gasteiger partial charge on any atom is 0.308 e. The fourth-order valence-electron chi connectivity index (χ4n) is 5.21. The number of benzene rings is 2. The molecule has 3 atom stereocenters. The monoisotopic (exact) mass is 550 g/mol. The highest BCUT2D eigenvalue weighted by molar-refractivity contribution is 5.82. The Labute approximate surface area is 238 Å². The van der Waals surface area contributed by atoms with E-state index in [1.165, 1.54) is 17.8 Å². The number of aromatic nitrogens is 1. The molecule has 1 aliphatic rings. The smallest absolute Gasteiger partial charge is 0.308 e. The van der Waals surface area contributed by atoms with Crippen molar-refractivity contribution in [3.8, 4) is 22.4 Å². The van der Waals surface area contributed by atoms with Crippen LogP contribution in [0, 0.1) is 5.82 Å². The van der Waals surface area contributed by atoms with Crippen molar-refractivity contribution in [2.24, 2.45) is 0 Å². The molecule has 0 N–H and O–H groups in total. The van der Waals surface area contributed by atoms with Crippen molar-refractivity contribution in [2.45, 2.75) is 90.6 Å². The molecular weight excluding hydrogens is 507 g/mol. The normalized spacial score (nSPS) is 19.8. The van der Waals surface area contributed by atoms with Crippen molar-refractivity contribution in [2.75, 3.05) is 14.1 Å². The first kappa shape index (κ1) is 30.0. The average Bonchev–Trinajstić information content (AvgIpc) is 3.27. The first-order valence-corrected chi connectivity index (χ1v) is 14.1. The molecule has 0 radical (unpaired) electrons. The Hall–Kier alpha value is -3.00. The van der Waals surface area contributed by atoms with E-state index in [0.29, 0.717) is 13.0 Å². The summed E-state index contributed by atoms with van der Waals surface area (Å²) in [6.45, 7) is 10.7. The van der Waals surface area contributed by atoms with Gasteiger partial charge in [0, 0.05) is 24.2 Å². The van der Waals surface area contributed by atoms with E-state index >= 15 is 0 Å². The first-order chi connectivity index (χ1) is 18.9. The fourth-order valence-corrected chi connectivity index (χ4v) is 5.21. The maximum atomic E-state index is 13.9. The Morgan fingerprint density at radius 1 is 1.02 bits per heavy atom. The van der Waals surface area contributed by atoms with Gasteiger partial charge in [0.2, 0.25) is 6.41 Å². The van der Waals surface area contributed by atoms with Crippen LogP contribution in [0.25, 0.3) is 22.4 Å². The van der Waals surface area contributed by atoms with Gasteiger partial charge in [-0.2, -0.15) is 0 Å². The highest BCUT2D eigenvalue weighted by Crippen LogP contribution is 2.38. The lowest BCUT2D eigenvalue weighted by molar-refractivity contribution is -0.294. The number of carbonyl (C=O) groups is 1. The third-order valence-electron chi connectivity index (χ3n) is 6.98. The highest BCUT2D eigenvalue weighted by atomic mass is 19.1. The molecule has 0 saturated carbocycles. The lowest BCUT2D eigenvalue weighted by Gasteiger charge is -2.38. The zero-order valence-electron chi connectivity index (χ0n) is 24.8. The molecule has 1 aromatic heterocycles. The second kappa shape index (κ2) is 12.7. The van der Waals surface area contributed by atoms with Crippen LogP contribution in [-0.4, -0.2) is 53.8 Å². The van der Waals surface area contributed by atoms with Crippen LogP contribution in [0.15, 0.2) is 60.7 Å². The summed E-state index contributed by atoms with van der Waals surface area (Å²) in [6, 6.07) is 19.3. The minimum Gasteiger partial charge on any atom is -0.460 e. The molecule has 7 heteroatoms. The number of hydrogen-bond acceptors (Lipinski definition) is 5. The molecule has 0 amide bonds. The summed E-state index contributed by atoms with van der Waals surface area (Å²) < 4.78 is 34.2. The average molecular weight is 551 g/mol. The van der Waals surface area contributed by atoms with E-state index in [4.69, 9.17) is 14.2 Å². The van der Waals surface area contributed by atoms with E-state index < -0.39 is 12.0 Å². The molecule has 0 bridgehead atoms. The first-order valence-electron chi connectivity index (χ1n) is 14.1. The predicted molar refractivity (Wildman–Crippen MR) is 156 cm³/mol. The van der Waals surface area contributed by atoms with Crippen LogP contribution >= 0.6 is 0 Å². The molecule has 0 spiro atoms. The topological polar surface area (TPSA) is 52.9 Å². The van der Waals surface area contributed by atoms with Gasteiger partial charge < -0.3 is 18.8 Å². The van der Waals surface area contributed by atoms with E-state index in [0.717, 1.165) is 28.8 Å². The van der Waals surface area contributed by atoms with Crippen LogP contribution in [0.2, 0.25) is 0 Å². The minimum atomic E-state index is -0.545. The third-order valence-corrected chi connectivity index (χ3v) is 6.98. The molecule has 1 fully saturated rings. The molecule has 4 rings (SSSR count). The molecule has 2 aromatic carbocycles. The fraction of sp³-hybridized carbons (Fsp3) is 0.485. The van der Waals surface area contributed by atoms with Gasteiger partial charge >= 0.3 is 5.97 Å². The second-order valence-electron chi connectivity index (χ2n) is 12.1. The van der Waals surface area contributed by atoms with Gasteiger partial charge in [0.25, 0.3) is 0 Å². The number of esters is 1. The van der Waals surface area contributed by atoms with E-state index in [2.05, 4.69) is 36.6 Å². The van der Waals surface area contributed by atoms with Crippen molar-refractivity contribution >= 4 is 5.97 Å². The highest BCUT2D eigenvalue weighted by Gasteiger charge is 2.34. The van der Waals surface area contributed by atoms with Crippen LogP contribution in [-0.2, 0) is 25.5 Å². The molecule has 40 heavy (non-hydrogen) atoms. The quantitative estimate of drug-likeness (QED) is 0.263. The van der Waals surface area contributed by atoms with Crippen LogP contribution in [0.1, 0.15) is 65.5 Å². The van der Waals surface area contributed by atoms with Crippen LogP contribution in [0.4, 0.5) is 4.39 Å². The van der Waals surface area contributed by atoms with Gasteiger partial charge in [-0.25, -0.2) is 4.39 Å². The molecular formula is C33H43FN2O4. The molecule has 1 unspecified atom stereocenters. The second-order valence-corrected chi connectivity index (χ2v) is 12.1. The number of hydrogen-bond donors (Lipinski definition) is 0. The van der Waals surface area contributed by atoms with Gasteiger partial charge in [-0.3, -0.25) is 9.69 Å². The summed E-state index contributed by atoms with van der Waals surface area (Å²) >= 11 is 0. The lowest BCUT2D eigenvalue weighted by atomic mass is 10.0. The summed E-state index contributed by atoms with van der Waals surface area (Å²) in [4.78, 5) is 14.5. The summed E-state index contributed by atoms with van der Waals surface area (Å²) in [5.41, 5.74) is 4.94. The van der Waals surface area contributed by atoms with Crippen LogP contribution in [0.5, 0.6) is 0 Å². The number of ether oxygens (including phenoxy) is 3. The number of carbonyl (C=O) groups excluding carboxylic acids is 1. The van der Waals surface area contributed by atoms with Gasteiger partial charge in [0.15, 0.2) is 0 Å². The largest absolute Gasteiger partial charge is 0.460 e. The summed E-state index contributed by atoms with van der Waals surface area (Å²) in [7, 11) is 3.80. The van der Waals surface area contributed by atoms with Crippen molar-refractivity contribution in [1.29, 1.82) is 0 Å². The number of nitrogens with zero attached hydrogens (tertiary/aromatic N) is 2. The molecule has 6 nitrogen and oxygen atoms in total. The van der Waals surface area contributed by atoms with Gasteiger partial charge in [-0.05, 0) is 88.7 Å². The SMILES string of the molecule is CC(C)c1cc(-c2ccccc2)c(-c2ccc(F)cc2)n1CC[C@@H]1C[C@H](CC(=O)OC(C)(C)C)OC(N(C)C)O1. The Kier molecular flexibility index (Phi) is 9.49.